The van der Waals surface area contributed by atoms with Gasteiger partial charge in [0, 0.05) is 13.3 Å². The lowest BCUT2D eigenvalue weighted by molar-refractivity contribution is 1.40. The molecule has 0 aromatic carbocycles. The fourth-order valence-electron chi connectivity index (χ4n) is 0.831. The lowest BCUT2D eigenvalue weighted by atomic mass is 10.2. The number of aliphatic imine (C=N–C) groups is 1. The fourth-order valence-corrected chi connectivity index (χ4v) is 0.831. The van der Waals surface area contributed by atoms with Crippen molar-refractivity contribution in [1.82, 2.24) is 0 Å². The van der Waals surface area contributed by atoms with Crippen LogP contribution in [0.5, 0.6) is 0 Å². The van der Waals surface area contributed by atoms with Gasteiger partial charge in [0.15, 0.2) is 0 Å². The fraction of sp³-hybridized carbons (Fsp3) is 0.222. The number of hydrogen-bond donors (Lipinski definition) is 0. The molecule has 0 atom stereocenters. The highest BCUT2D eigenvalue weighted by Gasteiger charge is 1.85. The second kappa shape index (κ2) is 3.83. The quantitative estimate of drug-likeness (QED) is 0.486. The average molecular weight is 133 g/mol. The predicted molar refractivity (Wildman–Crippen MR) is 45.4 cm³/mol. The second-order valence-electron chi connectivity index (χ2n) is 2.12. The topological polar surface area (TPSA) is 12.4 Å². The third-order valence-electron chi connectivity index (χ3n) is 1.29. The Bertz CT molecular complexity index is 207. The molecule has 0 bridgehead atoms. The van der Waals surface area contributed by atoms with Crippen molar-refractivity contribution >= 4 is 6.21 Å². The molecule has 1 rings (SSSR count). The summed E-state index contributed by atoms with van der Waals surface area (Å²) in [5, 5.41) is 0. The Labute approximate surface area is 61.5 Å². The minimum absolute atomic E-state index is 1.03. The zero-order valence-electron chi connectivity index (χ0n) is 6.12. The van der Waals surface area contributed by atoms with Gasteiger partial charge in [0.25, 0.3) is 0 Å². The maximum absolute atomic E-state index is 3.92. The highest BCUT2D eigenvalue weighted by Crippen LogP contribution is 2.01. The molecule has 0 N–H and O–H groups in total. The van der Waals surface area contributed by atoms with Crippen LogP contribution in [0.25, 0.3) is 0 Å². The van der Waals surface area contributed by atoms with E-state index in [4.69, 9.17) is 0 Å². The number of allylic oxidation sites excluding steroid dienone is 6. The van der Waals surface area contributed by atoms with Crippen molar-refractivity contribution in [2.24, 2.45) is 4.99 Å². The van der Waals surface area contributed by atoms with E-state index in [0.717, 1.165) is 12.0 Å². The Morgan fingerprint density at radius 1 is 1.50 bits per heavy atom. The van der Waals surface area contributed by atoms with Gasteiger partial charge >= 0.3 is 0 Å². The number of rotatable bonds is 1. The minimum atomic E-state index is 1.03. The van der Waals surface area contributed by atoms with Gasteiger partial charge in [-0.15, -0.1) is 0 Å². The van der Waals surface area contributed by atoms with Crippen LogP contribution in [-0.4, -0.2) is 13.3 Å². The predicted octanol–water partition coefficient (Wildman–Crippen LogP) is 2.13. The maximum atomic E-state index is 3.92. The molecule has 1 heteroatoms. The molecule has 0 fully saturated rings. The summed E-state index contributed by atoms with van der Waals surface area (Å²) in [6.45, 7) is 0. The van der Waals surface area contributed by atoms with Gasteiger partial charge < -0.3 is 0 Å². The summed E-state index contributed by atoms with van der Waals surface area (Å²) >= 11 is 0. The highest BCUT2D eigenvalue weighted by molar-refractivity contribution is 5.82. The molecule has 1 aliphatic rings. The Kier molecular flexibility index (Phi) is 2.68. The van der Waals surface area contributed by atoms with Crippen LogP contribution in [0.15, 0.2) is 40.9 Å². The van der Waals surface area contributed by atoms with E-state index in [-0.39, 0.29) is 0 Å². The van der Waals surface area contributed by atoms with Gasteiger partial charge in [-0.1, -0.05) is 30.4 Å². The van der Waals surface area contributed by atoms with E-state index in [2.05, 4.69) is 35.4 Å². The zero-order valence-corrected chi connectivity index (χ0v) is 6.12. The summed E-state index contributed by atoms with van der Waals surface area (Å²) in [5.74, 6) is 0. The van der Waals surface area contributed by atoms with E-state index < -0.39 is 0 Å². The lowest BCUT2D eigenvalue weighted by Gasteiger charge is -1.85. The first kappa shape index (κ1) is 7.00. The molecule has 1 aliphatic carbocycles. The smallest absolute Gasteiger partial charge is 0.0281 e. The van der Waals surface area contributed by atoms with Gasteiger partial charge in [-0.3, -0.25) is 4.99 Å². The van der Waals surface area contributed by atoms with Crippen molar-refractivity contribution in [3.63, 3.8) is 0 Å². The zero-order chi connectivity index (χ0) is 7.23. The molecule has 0 aromatic rings. The average Bonchev–Trinajstić information content (AvgIpc) is 2.17. The van der Waals surface area contributed by atoms with E-state index in [1.54, 1.807) is 7.05 Å². The van der Waals surface area contributed by atoms with Crippen LogP contribution in [0, 0.1) is 0 Å². The van der Waals surface area contributed by atoms with Crippen molar-refractivity contribution in [3.05, 3.63) is 36.0 Å². The van der Waals surface area contributed by atoms with Crippen LogP contribution in [-0.2, 0) is 0 Å². The summed E-state index contributed by atoms with van der Waals surface area (Å²) < 4.78 is 0. The van der Waals surface area contributed by atoms with Gasteiger partial charge in [-0.2, -0.15) is 0 Å². The Balaban J connectivity index is 2.73. The number of nitrogens with zero attached hydrogens (tertiary/aromatic N) is 1. The summed E-state index contributed by atoms with van der Waals surface area (Å²) in [6, 6.07) is 0. The Morgan fingerprint density at radius 2 is 2.40 bits per heavy atom. The molecule has 0 amide bonds. The van der Waals surface area contributed by atoms with Gasteiger partial charge in [0.2, 0.25) is 0 Å². The van der Waals surface area contributed by atoms with Crippen LogP contribution < -0.4 is 0 Å². The van der Waals surface area contributed by atoms with Crippen LogP contribution in [0.2, 0.25) is 0 Å². The van der Waals surface area contributed by atoms with Crippen LogP contribution in [0.1, 0.15) is 6.42 Å². The summed E-state index contributed by atoms with van der Waals surface area (Å²) in [7, 11) is 1.78. The summed E-state index contributed by atoms with van der Waals surface area (Å²) in [5.41, 5.74) is 1.16. The molecule has 52 valence electrons. The molecule has 0 spiro atoms. The van der Waals surface area contributed by atoms with Gasteiger partial charge in [-0.05, 0) is 12.0 Å². The van der Waals surface area contributed by atoms with Crippen molar-refractivity contribution in [2.45, 2.75) is 6.42 Å². The Morgan fingerprint density at radius 3 is 3.20 bits per heavy atom. The maximum Gasteiger partial charge on any atom is 0.0281 e. The molecule has 10 heavy (non-hydrogen) atoms. The van der Waals surface area contributed by atoms with E-state index in [1.165, 1.54) is 0 Å². The molecule has 0 aliphatic heterocycles. The molecular weight excluding hydrogens is 122 g/mol. The van der Waals surface area contributed by atoms with Crippen molar-refractivity contribution in [1.29, 1.82) is 0 Å². The van der Waals surface area contributed by atoms with Gasteiger partial charge in [-0.25, -0.2) is 0 Å². The first-order chi connectivity index (χ1) is 4.93. The van der Waals surface area contributed by atoms with Crippen LogP contribution in [0.3, 0.4) is 0 Å². The SMILES string of the molecule is CN=CC1=CC=CCC=C1. The molecule has 0 radical (unpaired) electrons. The van der Waals surface area contributed by atoms with E-state index in [9.17, 15) is 0 Å². The van der Waals surface area contributed by atoms with Crippen LogP contribution in [0.4, 0.5) is 0 Å². The lowest BCUT2D eigenvalue weighted by Crippen LogP contribution is -1.76. The van der Waals surface area contributed by atoms with E-state index in [0.29, 0.717) is 0 Å². The van der Waals surface area contributed by atoms with Gasteiger partial charge in [0.1, 0.15) is 0 Å². The number of hydrogen-bond acceptors (Lipinski definition) is 1. The molecular formula is C9H11N. The molecule has 0 heterocycles. The Hall–Kier alpha value is -1.11. The van der Waals surface area contributed by atoms with Crippen LogP contribution >= 0.6 is 0 Å². The minimum Gasteiger partial charge on any atom is -0.296 e. The normalized spacial score (nSPS) is 17.5. The molecule has 0 saturated carbocycles. The second-order valence-corrected chi connectivity index (χ2v) is 2.12. The standard InChI is InChI=1S/C9H11N/c1-10-8-9-6-4-2-3-5-7-9/h2,4-8H,3H2,1H3. The molecule has 0 unspecified atom stereocenters. The third-order valence-corrected chi connectivity index (χ3v) is 1.29. The van der Waals surface area contributed by atoms with E-state index in [1.807, 2.05) is 6.21 Å². The first-order valence-electron chi connectivity index (χ1n) is 3.39. The van der Waals surface area contributed by atoms with Crippen molar-refractivity contribution in [3.8, 4) is 0 Å². The molecule has 0 saturated heterocycles. The first-order valence-corrected chi connectivity index (χ1v) is 3.39. The largest absolute Gasteiger partial charge is 0.296 e. The molecule has 1 nitrogen and oxygen atoms in total. The molecule has 0 aromatic heterocycles. The van der Waals surface area contributed by atoms with Crippen molar-refractivity contribution < 1.29 is 0 Å². The van der Waals surface area contributed by atoms with E-state index >= 15 is 0 Å². The van der Waals surface area contributed by atoms with Gasteiger partial charge in [0.05, 0.1) is 0 Å². The summed E-state index contributed by atoms with van der Waals surface area (Å²) in [4.78, 5) is 3.92. The van der Waals surface area contributed by atoms with Crippen molar-refractivity contribution in [2.75, 3.05) is 7.05 Å². The summed E-state index contributed by atoms with van der Waals surface area (Å²) in [6.07, 6.45) is 13.3. The monoisotopic (exact) mass is 133 g/mol. The third kappa shape index (κ3) is 2.02. The highest BCUT2D eigenvalue weighted by atomic mass is 14.6.